The molecule has 0 aliphatic heterocycles. The lowest BCUT2D eigenvalue weighted by molar-refractivity contribution is -0.121. The van der Waals surface area contributed by atoms with Gasteiger partial charge in [0, 0.05) is 13.0 Å². The van der Waals surface area contributed by atoms with Crippen LogP contribution in [0, 0.1) is 0 Å². The van der Waals surface area contributed by atoms with E-state index in [1.807, 2.05) is 19.1 Å². The number of nitrogen functional groups attached to an aromatic ring is 1. The molecular formula is C39H53N6O5P. The predicted molar refractivity (Wildman–Crippen MR) is 206 cm³/mol. The molecular weight excluding hydrogens is 663 g/mol. The number of hydrogen-bond acceptors (Lipinski definition) is 9. The van der Waals surface area contributed by atoms with Gasteiger partial charge in [0.25, 0.3) is 0 Å². The molecule has 12 heteroatoms. The second-order valence-electron chi connectivity index (χ2n) is 11.6. The zero-order valence-corrected chi connectivity index (χ0v) is 30.8. The minimum Gasteiger partial charge on any atom is -0.423 e. The number of nitrogens with one attached hydrogen (secondary N) is 1. The molecule has 0 bridgehead atoms. The molecule has 11 nitrogen and oxygen atoms in total. The van der Waals surface area contributed by atoms with Crippen molar-refractivity contribution < 1.29 is 23.1 Å². The van der Waals surface area contributed by atoms with Crippen molar-refractivity contribution in [3.05, 3.63) is 116 Å². The summed E-state index contributed by atoms with van der Waals surface area (Å²) in [6.07, 6.45) is 34.9. The van der Waals surface area contributed by atoms with Gasteiger partial charge in [-0.15, -0.1) is 0 Å². The monoisotopic (exact) mass is 716 g/mol. The molecule has 51 heavy (non-hydrogen) atoms. The zero-order chi connectivity index (χ0) is 36.4. The van der Waals surface area contributed by atoms with Crippen LogP contribution in [0.5, 0.6) is 5.75 Å². The van der Waals surface area contributed by atoms with E-state index in [2.05, 4.69) is 94.0 Å². The second kappa shape index (κ2) is 24.6. The first-order chi connectivity index (χ1) is 24.9. The van der Waals surface area contributed by atoms with Crippen LogP contribution in [0.4, 0.5) is 5.82 Å². The van der Waals surface area contributed by atoms with E-state index in [-0.39, 0.29) is 31.5 Å². The van der Waals surface area contributed by atoms with Crippen LogP contribution in [0.1, 0.15) is 65.2 Å². The number of hydrogen-bond donors (Lipinski definition) is 2. The van der Waals surface area contributed by atoms with Gasteiger partial charge in [-0.3, -0.25) is 9.32 Å². The van der Waals surface area contributed by atoms with E-state index in [1.165, 1.54) is 6.33 Å². The van der Waals surface area contributed by atoms with Crippen molar-refractivity contribution in [3.8, 4) is 5.75 Å². The van der Waals surface area contributed by atoms with E-state index in [4.69, 9.17) is 19.5 Å². The van der Waals surface area contributed by atoms with E-state index in [0.29, 0.717) is 42.1 Å². The third-order valence-electron chi connectivity index (χ3n) is 7.24. The largest absolute Gasteiger partial charge is 0.423 e. The maximum Gasteiger partial charge on any atom is 0.404 e. The molecule has 0 radical (unpaired) electrons. The maximum atomic E-state index is 13.7. The van der Waals surface area contributed by atoms with E-state index in [1.54, 1.807) is 35.2 Å². The Morgan fingerprint density at radius 1 is 0.882 bits per heavy atom. The number of ether oxygens (including phenoxy) is 1. The maximum absolute atomic E-state index is 13.7. The summed E-state index contributed by atoms with van der Waals surface area (Å²) >= 11 is 0. The molecule has 2 aromatic heterocycles. The predicted octanol–water partition coefficient (Wildman–Crippen LogP) is 8.65. The van der Waals surface area contributed by atoms with Crippen LogP contribution >= 0.6 is 7.60 Å². The molecule has 1 amide bonds. The van der Waals surface area contributed by atoms with Crippen molar-refractivity contribution in [2.45, 2.75) is 77.9 Å². The molecule has 0 saturated carbocycles. The molecule has 0 aliphatic carbocycles. The van der Waals surface area contributed by atoms with Crippen LogP contribution in [0.3, 0.4) is 0 Å². The number of carbonyl (C=O) groups is 1. The van der Waals surface area contributed by atoms with E-state index < -0.39 is 7.60 Å². The highest BCUT2D eigenvalue weighted by molar-refractivity contribution is 7.54. The fourth-order valence-electron chi connectivity index (χ4n) is 4.63. The average molecular weight is 717 g/mol. The van der Waals surface area contributed by atoms with Crippen molar-refractivity contribution in [3.63, 3.8) is 0 Å². The Bertz CT molecular complexity index is 1660. The number of anilines is 1. The molecule has 1 aromatic carbocycles. The van der Waals surface area contributed by atoms with Crippen molar-refractivity contribution in [1.29, 1.82) is 0 Å². The SMILES string of the molecule is CCC=CCC=CCC=CCC=CCC=CCC=CCCC(=O)NCCOP(=O)(CO[C@H](C)Cn1cnc2c(N)ncnc21)Oc1ccccc1. The summed E-state index contributed by atoms with van der Waals surface area (Å²) < 4.78 is 32.9. The van der Waals surface area contributed by atoms with Gasteiger partial charge in [0.2, 0.25) is 5.91 Å². The molecule has 3 rings (SSSR count). The molecule has 2 heterocycles. The first-order valence-electron chi connectivity index (χ1n) is 17.6. The Balaban J connectivity index is 1.30. The quantitative estimate of drug-likeness (QED) is 0.0500. The molecule has 0 spiro atoms. The molecule has 3 N–H and O–H groups in total. The molecule has 274 valence electrons. The van der Waals surface area contributed by atoms with E-state index >= 15 is 0 Å². The Morgan fingerprint density at radius 3 is 2.12 bits per heavy atom. The lowest BCUT2D eigenvalue weighted by Crippen LogP contribution is -2.27. The van der Waals surface area contributed by atoms with Crippen LogP contribution < -0.4 is 15.6 Å². The number of nitrogens with zero attached hydrogens (tertiary/aromatic N) is 4. The molecule has 1 unspecified atom stereocenters. The van der Waals surface area contributed by atoms with E-state index in [0.717, 1.165) is 38.5 Å². The highest BCUT2D eigenvalue weighted by Crippen LogP contribution is 2.48. The zero-order valence-electron chi connectivity index (χ0n) is 29.9. The lowest BCUT2D eigenvalue weighted by Gasteiger charge is -2.22. The topological polar surface area (TPSA) is 143 Å². The van der Waals surface area contributed by atoms with Crippen LogP contribution in [0.15, 0.2) is 116 Å². The number of imidazole rings is 1. The molecule has 3 aromatic rings. The lowest BCUT2D eigenvalue weighted by atomic mass is 10.2. The number of aromatic nitrogens is 4. The Labute approximate surface area is 302 Å². The third-order valence-corrected chi connectivity index (χ3v) is 8.77. The summed E-state index contributed by atoms with van der Waals surface area (Å²) in [6, 6.07) is 8.77. The average Bonchev–Trinajstić information content (AvgIpc) is 3.54. The van der Waals surface area contributed by atoms with Gasteiger partial charge >= 0.3 is 7.60 Å². The van der Waals surface area contributed by atoms with Crippen molar-refractivity contribution >= 4 is 30.5 Å². The molecule has 2 atom stereocenters. The number of allylic oxidation sites excluding steroid dienone is 12. The van der Waals surface area contributed by atoms with Crippen LogP contribution in [0.2, 0.25) is 0 Å². The number of para-hydroxylation sites is 1. The molecule has 0 fully saturated rings. The van der Waals surface area contributed by atoms with Gasteiger partial charge in [0.05, 0.1) is 25.6 Å². The number of amides is 1. The first kappa shape index (κ1) is 40.9. The molecule has 0 saturated heterocycles. The number of benzene rings is 1. The minimum absolute atomic E-state index is 0.00411. The van der Waals surface area contributed by atoms with Crippen molar-refractivity contribution in [2.75, 3.05) is 25.2 Å². The minimum atomic E-state index is -3.73. The van der Waals surface area contributed by atoms with Gasteiger partial charge in [0.1, 0.15) is 17.6 Å². The van der Waals surface area contributed by atoms with Crippen LogP contribution in [0.25, 0.3) is 11.2 Å². The van der Waals surface area contributed by atoms with Crippen molar-refractivity contribution in [1.82, 2.24) is 24.8 Å². The first-order valence-corrected chi connectivity index (χ1v) is 19.3. The highest BCUT2D eigenvalue weighted by atomic mass is 31.2. The highest BCUT2D eigenvalue weighted by Gasteiger charge is 2.28. The third kappa shape index (κ3) is 17.3. The summed E-state index contributed by atoms with van der Waals surface area (Å²) in [6.45, 7) is 4.54. The fourth-order valence-corrected chi connectivity index (χ4v) is 6.06. The molecule has 0 aliphatic rings. The van der Waals surface area contributed by atoms with Gasteiger partial charge in [-0.25, -0.2) is 19.5 Å². The summed E-state index contributed by atoms with van der Waals surface area (Å²) in [5.41, 5.74) is 6.97. The summed E-state index contributed by atoms with van der Waals surface area (Å²) in [7, 11) is -3.73. The van der Waals surface area contributed by atoms with Gasteiger partial charge in [-0.1, -0.05) is 98.0 Å². The Hall–Kier alpha value is -4.57. The smallest absolute Gasteiger partial charge is 0.404 e. The van der Waals surface area contributed by atoms with Gasteiger partial charge < -0.3 is 24.9 Å². The number of nitrogens with two attached hydrogens (primary N) is 1. The number of rotatable bonds is 25. The fraction of sp³-hybridized carbons (Fsp3) is 0.385. The van der Waals surface area contributed by atoms with Gasteiger partial charge in [-0.2, -0.15) is 0 Å². The Morgan fingerprint density at radius 2 is 1.49 bits per heavy atom. The number of fused-ring (bicyclic) bond motifs is 1. The van der Waals surface area contributed by atoms with E-state index in [9.17, 15) is 9.36 Å². The Kier molecular flexibility index (Phi) is 19.7. The normalized spacial score (nSPS) is 14.2. The van der Waals surface area contributed by atoms with Gasteiger partial charge in [-0.05, 0) is 64.0 Å². The standard InChI is InChI=1S/C39H53N6O5P/c1-3-4-5-6-7-8-9-10-11-12-13-14-15-16-17-18-19-20-24-27-36(46)41-28-29-49-51(47,50-35-25-22-21-23-26-35)33-48-34(2)30-45-32-44-37-38(40)42-31-43-39(37)45/h4-5,7-8,10-11,13-14,16-17,19-23,25-26,31-32,34H,3,6,9,12,15,18,24,27-30,33H2,1-2H3,(H,41,46)(H2,40,42,43)/t34-,51?/m1/s1. The van der Waals surface area contributed by atoms with Gasteiger partial charge in [0.15, 0.2) is 17.8 Å². The van der Waals surface area contributed by atoms with Crippen molar-refractivity contribution in [2.24, 2.45) is 0 Å². The second-order valence-corrected chi connectivity index (χ2v) is 13.5. The number of carbonyl (C=O) groups excluding carboxylic acids is 1. The van der Waals surface area contributed by atoms with Crippen LogP contribution in [-0.2, 0) is 25.2 Å². The van der Waals surface area contributed by atoms with Crippen LogP contribution in [-0.4, -0.2) is 51.0 Å². The summed E-state index contributed by atoms with van der Waals surface area (Å²) in [5, 5.41) is 2.81. The summed E-state index contributed by atoms with van der Waals surface area (Å²) in [5.74, 6) is 0.575. The summed E-state index contributed by atoms with van der Waals surface area (Å²) in [4.78, 5) is 24.8.